The van der Waals surface area contributed by atoms with E-state index in [9.17, 15) is 0 Å². The molecule has 0 aromatic rings. The standard InChI is InChI=1S/C12H22N2/c1-5-8-11(13-4)12(2,3)14-9-6-7-10-14/h1,11,13H,6-10H2,2-4H3. The monoisotopic (exact) mass is 194 g/mol. The van der Waals surface area contributed by atoms with Crippen LogP contribution in [0.3, 0.4) is 0 Å². The Morgan fingerprint density at radius 2 is 2.00 bits per heavy atom. The lowest BCUT2D eigenvalue weighted by atomic mass is 9.90. The highest BCUT2D eigenvalue weighted by Crippen LogP contribution is 2.25. The molecule has 0 amide bonds. The third-order valence-corrected chi connectivity index (χ3v) is 3.44. The molecule has 0 aromatic carbocycles. The van der Waals surface area contributed by atoms with E-state index in [0.717, 1.165) is 6.42 Å². The van der Waals surface area contributed by atoms with Crippen LogP contribution in [-0.4, -0.2) is 36.6 Å². The maximum Gasteiger partial charge on any atom is 0.0354 e. The van der Waals surface area contributed by atoms with Gasteiger partial charge in [-0.3, -0.25) is 4.90 Å². The van der Waals surface area contributed by atoms with Crippen LogP contribution in [0.4, 0.5) is 0 Å². The second kappa shape index (κ2) is 4.82. The fourth-order valence-electron chi connectivity index (χ4n) is 2.34. The summed E-state index contributed by atoms with van der Waals surface area (Å²) in [4.78, 5) is 2.55. The molecule has 1 unspecified atom stereocenters. The van der Waals surface area contributed by atoms with Crippen molar-refractivity contribution < 1.29 is 0 Å². The zero-order valence-corrected chi connectivity index (χ0v) is 9.64. The van der Waals surface area contributed by atoms with Crippen molar-refractivity contribution in [3.8, 4) is 12.3 Å². The molecule has 2 nitrogen and oxygen atoms in total. The molecule has 0 saturated carbocycles. The molecule has 0 aliphatic carbocycles. The summed E-state index contributed by atoms with van der Waals surface area (Å²) in [6.07, 6.45) is 8.86. The number of rotatable bonds is 4. The average molecular weight is 194 g/mol. The van der Waals surface area contributed by atoms with E-state index in [1.165, 1.54) is 25.9 Å². The molecule has 1 heterocycles. The SMILES string of the molecule is C#CCC(NC)C(C)(C)N1CCCC1. The number of hydrogen-bond acceptors (Lipinski definition) is 2. The van der Waals surface area contributed by atoms with Gasteiger partial charge in [0.05, 0.1) is 0 Å². The molecule has 1 saturated heterocycles. The molecular weight excluding hydrogens is 172 g/mol. The first-order valence-electron chi connectivity index (χ1n) is 5.48. The summed E-state index contributed by atoms with van der Waals surface area (Å²) in [5, 5.41) is 3.34. The number of nitrogens with zero attached hydrogens (tertiary/aromatic N) is 1. The highest BCUT2D eigenvalue weighted by atomic mass is 15.2. The smallest absolute Gasteiger partial charge is 0.0354 e. The van der Waals surface area contributed by atoms with E-state index in [1.54, 1.807) is 0 Å². The molecule has 1 N–H and O–H groups in total. The lowest BCUT2D eigenvalue weighted by Gasteiger charge is -2.41. The van der Waals surface area contributed by atoms with Crippen molar-refractivity contribution >= 4 is 0 Å². The summed E-state index contributed by atoms with van der Waals surface area (Å²) in [6, 6.07) is 0.394. The second-order valence-corrected chi connectivity index (χ2v) is 4.60. The van der Waals surface area contributed by atoms with Crippen LogP contribution in [0.15, 0.2) is 0 Å². The molecule has 0 aromatic heterocycles. The molecule has 1 rings (SSSR count). The van der Waals surface area contributed by atoms with E-state index in [4.69, 9.17) is 6.42 Å². The number of terminal acetylenes is 1. The van der Waals surface area contributed by atoms with E-state index >= 15 is 0 Å². The molecule has 14 heavy (non-hydrogen) atoms. The fraction of sp³-hybridized carbons (Fsp3) is 0.833. The summed E-state index contributed by atoms with van der Waals surface area (Å²) in [6.45, 7) is 7.01. The largest absolute Gasteiger partial charge is 0.314 e. The Hall–Kier alpha value is -0.520. The number of likely N-dealkylation sites (tertiary alicyclic amines) is 1. The molecule has 0 spiro atoms. The van der Waals surface area contributed by atoms with Crippen LogP contribution in [0.25, 0.3) is 0 Å². The average Bonchev–Trinajstić information content (AvgIpc) is 2.66. The first-order valence-corrected chi connectivity index (χ1v) is 5.48. The van der Waals surface area contributed by atoms with Gasteiger partial charge in [-0.05, 0) is 46.8 Å². The molecule has 1 aliphatic heterocycles. The first kappa shape index (κ1) is 11.6. The summed E-state index contributed by atoms with van der Waals surface area (Å²) >= 11 is 0. The Morgan fingerprint density at radius 1 is 1.43 bits per heavy atom. The first-order chi connectivity index (χ1) is 6.62. The number of nitrogens with one attached hydrogen (secondary N) is 1. The minimum Gasteiger partial charge on any atom is -0.314 e. The van der Waals surface area contributed by atoms with Crippen LogP contribution in [0.5, 0.6) is 0 Å². The van der Waals surface area contributed by atoms with Gasteiger partial charge in [-0.15, -0.1) is 12.3 Å². The van der Waals surface area contributed by atoms with Crippen molar-refractivity contribution in [1.29, 1.82) is 0 Å². The normalized spacial score (nSPS) is 20.7. The maximum absolute atomic E-state index is 5.39. The Balaban J connectivity index is 2.64. The Labute approximate surface area is 88.1 Å². The van der Waals surface area contributed by atoms with Crippen molar-refractivity contribution in [3.63, 3.8) is 0 Å². The van der Waals surface area contributed by atoms with Gasteiger partial charge in [0.25, 0.3) is 0 Å². The van der Waals surface area contributed by atoms with E-state index < -0.39 is 0 Å². The third kappa shape index (κ3) is 2.29. The minimum atomic E-state index is 0.178. The summed E-state index contributed by atoms with van der Waals surface area (Å²) in [7, 11) is 2.00. The van der Waals surface area contributed by atoms with Gasteiger partial charge in [0.1, 0.15) is 0 Å². The molecule has 2 heteroatoms. The van der Waals surface area contributed by atoms with E-state index in [0.29, 0.717) is 6.04 Å². The predicted molar refractivity (Wildman–Crippen MR) is 61.2 cm³/mol. The summed E-state index contributed by atoms with van der Waals surface area (Å²) in [5.74, 6) is 2.76. The lowest BCUT2D eigenvalue weighted by molar-refractivity contribution is 0.112. The van der Waals surface area contributed by atoms with Crippen molar-refractivity contribution in [3.05, 3.63) is 0 Å². The molecule has 80 valence electrons. The van der Waals surface area contributed by atoms with E-state index in [2.05, 4.69) is 30.0 Å². The highest BCUT2D eigenvalue weighted by molar-refractivity contribution is 5.01. The van der Waals surface area contributed by atoms with Gasteiger partial charge >= 0.3 is 0 Å². The van der Waals surface area contributed by atoms with Crippen LogP contribution in [-0.2, 0) is 0 Å². The summed E-state index contributed by atoms with van der Waals surface area (Å²) in [5.41, 5.74) is 0.178. The van der Waals surface area contributed by atoms with Gasteiger partial charge in [-0.1, -0.05) is 0 Å². The molecule has 1 atom stereocenters. The zero-order valence-electron chi connectivity index (χ0n) is 9.64. The second-order valence-electron chi connectivity index (χ2n) is 4.60. The Morgan fingerprint density at radius 3 is 2.43 bits per heavy atom. The van der Waals surface area contributed by atoms with Crippen LogP contribution in [0.1, 0.15) is 33.1 Å². The summed E-state index contributed by atoms with van der Waals surface area (Å²) < 4.78 is 0. The van der Waals surface area contributed by atoms with Gasteiger partial charge in [0, 0.05) is 18.0 Å². The highest BCUT2D eigenvalue weighted by Gasteiger charge is 2.35. The Bertz CT molecular complexity index is 209. The molecule has 0 bridgehead atoms. The predicted octanol–water partition coefficient (Wildman–Crippen LogP) is 1.47. The molecular formula is C12H22N2. The van der Waals surface area contributed by atoms with Crippen LogP contribution >= 0.6 is 0 Å². The fourth-order valence-corrected chi connectivity index (χ4v) is 2.34. The van der Waals surface area contributed by atoms with Crippen LogP contribution in [0.2, 0.25) is 0 Å². The van der Waals surface area contributed by atoms with Gasteiger partial charge in [0.15, 0.2) is 0 Å². The molecule has 1 fully saturated rings. The van der Waals surface area contributed by atoms with Crippen molar-refractivity contribution in [2.45, 2.75) is 44.7 Å². The number of hydrogen-bond donors (Lipinski definition) is 1. The topological polar surface area (TPSA) is 15.3 Å². The van der Waals surface area contributed by atoms with Crippen molar-refractivity contribution in [2.75, 3.05) is 20.1 Å². The van der Waals surface area contributed by atoms with Crippen LogP contribution < -0.4 is 5.32 Å². The minimum absolute atomic E-state index is 0.178. The van der Waals surface area contributed by atoms with E-state index in [1.807, 2.05) is 7.05 Å². The van der Waals surface area contributed by atoms with Gasteiger partial charge < -0.3 is 5.32 Å². The molecule has 0 radical (unpaired) electrons. The molecule has 1 aliphatic rings. The van der Waals surface area contributed by atoms with Gasteiger partial charge in [0.2, 0.25) is 0 Å². The number of likely N-dealkylation sites (N-methyl/N-ethyl adjacent to an activating group) is 1. The zero-order chi connectivity index (χ0) is 10.6. The van der Waals surface area contributed by atoms with E-state index in [-0.39, 0.29) is 5.54 Å². The van der Waals surface area contributed by atoms with Gasteiger partial charge in [-0.2, -0.15) is 0 Å². The lowest BCUT2D eigenvalue weighted by Crippen LogP contribution is -2.55. The maximum atomic E-state index is 5.39. The van der Waals surface area contributed by atoms with Gasteiger partial charge in [-0.25, -0.2) is 0 Å². The quantitative estimate of drug-likeness (QED) is 0.682. The Kier molecular flexibility index (Phi) is 3.97. The van der Waals surface area contributed by atoms with Crippen molar-refractivity contribution in [1.82, 2.24) is 10.2 Å². The third-order valence-electron chi connectivity index (χ3n) is 3.44. The van der Waals surface area contributed by atoms with Crippen molar-refractivity contribution in [2.24, 2.45) is 0 Å². The van der Waals surface area contributed by atoms with Crippen LogP contribution in [0, 0.1) is 12.3 Å².